The number of aromatic nitrogens is 2. The molecule has 0 saturated carbocycles. The van der Waals surface area contributed by atoms with Crippen molar-refractivity contribution in [1.29, 1.82) is 0 Å². The van der Waals surface area contributed by atoms with Gasteiger partial charge in [-0.1, -0.05) is 23.8 Å². The van der Waals surface area contributed by atoms with Gasteiger partial charge in [-0.25, -0.2) is 0 Å². The Morgan fingerprint density at radius 2 is 2.13 bits per heavy atom. The number of hydrogen-bond donors (Lipinski definition) is 1. The molecule has 0 spiro atoms. The van der Waals surface area contributed by atoms with Gasteiger partial charge < -0.3 is 5.73 Å². The third-order valence-corrected chi connectivity index (χ3v) is 2.50. The zero-order chi connectivity index (χ0) is 10.8. The van der Waals surface area contributed by atoms with E-state index in [9.17, 15) is 0 Å². The molecule has 2 aromatic rings. The summed E-state index contributed by atoms with van der Waals surface area (Å²) >= 11 is 0. The molecular formula is C12H15N3. The van der Waals surface area contributed by atoms with Crippen LogP contribution < -0.4 is 5.73 Å². The number of nitrogens with two attached hydrogens (primary N) is 1. The maximum atomic E-state index is 5.61. The molecule has 0 saturated heterocycles. The van der Waals surface area contributed by atoms with Crippen LogP contribution in [0.2, 0.25) is 0 Å². The van der Waals surface area contributed by atoms with Gasteiger partial charge in [0.15, 0.2) is 0 Å². The highest BCUT2D eigenvalue weighted by Crippen LogP contribution is 2.19. The van der Waals surface area contributed by atoms with Crippen molar-refractivity contribution in [3.05, 3.63) is 41.6 Å². The highest BCUT2D eigenvalue weighted by atomic mass is 15.3. The smallest absolute Gasteiger partial charge is 0.0926 e. The van der Waals surface area contributed by atoms with E-state index in [0.29, 0.717) is 6.54 Å². The Bertz CT molecular complexity index is 471. The molecule has 15 heavy (non-hydrogen) atoms. The molecule has 78 valence electrons. The summed E-state index contributed by atoms with van der Waals surface area (Å²) in [5.74, 6) is 0. The van der Waals surface area contributed by atoms with Gasteiger partial charge in [-0.3, -0.25) is 4.68 Å². The SMILES string of the molecule is Cc1cccc(-c2cc(CN)n(C)n2)c1. The van der Waals surface area contributed by atoms with E-state index in [4.69, 9.17) is 5.73 Å². The Labute approximate surface area is 89.5 Å². The molecule has 0 amide bonds. The lowest BCUT2D eigenvalue weighted by atomic mass is 10.1. The molecule has 0 fully saturated rings. The molecule has 0 aliphatic carbocycles. The van der Waals surface area contributed by atoms with E-state index < -0.39 is 0 Å². The molecule has 0 unspecified atom stereocenters. The zero-order valence-corrected chi connectivity index (χ0v) is 9.07. The lowest BCUT2D eigenvalue weighted by molar-refractivity contribution is 0.714. The second kappa shape index (κ2) is 3.87. The summed E-state index contributed by atoms with van der Waals surface area (Å²) in [6.07, 6.45) is 0. The summed E-state index contributed by atoms with van der Waals surface area (Å²) in [4.78, 5) is 0. The van der Waals surface area contributed by atoms with Gasteiger partial charge in [0.05, 0.1) is 11.4 Å². The van der Waals surface area contributed by atoms with Crippen molar-refractivity contribution in [3.8, 4) is 11.3 Å². The molecule has 0 bridgehead atoms. The number of benzene rings is 1. The summed E-state index contributed by atoms with van der Waals surface area (Å²) in [5.41, 5.74) is 10.0. The Kier molecular flexibility index (Phi) is 2.56. The minimum atomic E-state index is 0.523. The highest BCUT2D eigenvalue weighted by molar-refractivity contribution is 5.60. The molecule has 0 atom stereocenters. The summed E-state index contributed by atoms with van der Waals surface area (Å²) in [5, 5.41) is 4.43. The van der Waals surface area contributed by atoms with E-state index in [1.807, 2.05) is 23.9 Å². The number of aryl methyl sites for hydroxylation is 2. The van der Waals surface area contributed by atoms with Gasteiger partial charge >= 0.3 is 0 Å². The normalized spacial score (nSPS) is 10.6. The third-order valence-electron chi connectivity index (χ3n) is 2.50. The fourth-order valence-electron chi connectivity index (χ4n) is 1.64. The van der Waals surface area contributed by atoms with E-state index in [2.05, 4.69) is 30.2 Å². The first-order chi connectivity index (χ1) is 7.20. The van der Waals surface area contributed by atoms with Gasteiger partial charge in [0.1, 0.15) is 0 Å². The van der Waals surface area contributed by atoms with Crippen LogP contribution in [0, 0.1) is 6.92 Å². The van der Waals surface area contributed by atoms with Crippen molar-refractivity contribution in [3.63, 3.8) is 0 Å². The molecule has 1 aromatic carbocycles. The highest BCUT2D eigenvalue weighted by Gasteiger charge is 2.05. The number of hydrogen-bond acceptors (Lipinski definition) is 2. The van der Waals surface area contributed by atoms with Crippen molar-refractivity contribution in [1.82, 2.24) is 9.78 Å². The van der Waals surface area contributed by atoms with Gasteiger partial charge in [-0.2, -0.15) is 5.10 Å². The molecule has 1 aromatic heterocycles. The topological polar surface area (TPSA) is 43.8 Å². The Hall–Kier alpha value is -1.61. The average molecular weight is 201 g/mol. The standard InChI is InChI=1S/C12H15N3/c1-9-4-3-5-10(6-9)12-7-11(8-13)15(2)14-12/h3-7H,8,13H2,1-2H3. The maximum Gasteiger partial charge on any atom is 0.0926 e. The van der Waals surface area contributed by atoms with Crippen molar-refractivity contribution < 1.29 is 0 Å². The van der Waals surface area contributed by atoms with E-state index in [1.165, 1.54) is 5.56 Å². The monoisotopic (exact) mass is 201 g/mol. The zero-order valence-electron chi connectivity index (χ0n) is 9.07. The summed E-state index contributed by atoms with van der Waals surface area (Å²) in [6, 6.07) is 10.4. The molecular weight excluding hydrogens is 186 g/mol. The third kappa shape index (κ3) is 1.92. The molecule has 0 aliphatic heterocycles. The number of rotatable bonds is 2. The van der Waals surface area contributed by atoms with Crippen LogP contribution in [0.1, 0.15) is 11.3 Å². The van der Waals surface area contributed by atoms with Crippen LogP contribution in [0.15, 0.2) is 30.3 Å². The molecule has 3 nitrogen and oxygen atoms in total. The van der Waals surface area contributed by atoms with Gasteiger partial charge in [-0.15, -0.1) is 0 Å². The van der Waals surface area contributed by atoms with E-state index in [0.717, 1.165) is 17.0 Å². The second-order valence-corrected chi connectivity index (χ2v) is 3.72. The molecule has 2 rings (SSSR count). The second-order valence-electron chi connectivity index (χ2n) is 3.72. The minimum Gasteiger partial charge on any atom is -0.325 e. The first-order valence-corrected chi connectivity index (χ1v) is 5.00. The van der Waals surface area contributed by atoms with Crippen LogP contribution in [0.5, 0.6) is 0 Å². The first kappa shape index (κ1) is 9.93. The molecule has 0 radical (unpaired) electrons. The predicted octanol–water partition coefficient (Wildman–Crippen LogP) is 1.85. The lowest BCUT2D eigenvalue weighted by Gasteiger charge is -1.97. The summed E-state index contributed by atoms with van der Waals surface area (Å²) in [6.45, 7) is 2.60. The molecule has 2 N–H and O–H groups in total. The van der Waals surface area contributed by atoms with Gasteiger partial charge in [-0.05, 0) is 19.1 Å². The van der Waals surface area contributed by atoms with Crippen LogP contribution in [-0.4, -0.2) is 9.78 Å². The molecule has 0 aliphatic rings. The number of nitrogens with zero attached hydrogens (tertiary/aromatic N) is 2. The van der Waals surface area contributed by atoms with E-state index in [1.54, 1.807) is 0 Å². The van der Waals surface area contributed by atoms with E-state index in [-0.39, 0.29) is 0 Å². The summed E-state index contributed by atoms with van der Waals surface area (Å²) in [7, 11) is 1.92. The first-order valence-electron chi connectivity index (χ1n) is 5.00. The average Bonchev–Trinajstić information content (AvgIpc) is 2.60. The fraction of sp³-hybridized carbons (Fsp3) is 0.250. The van der Waals surface area contributed by atoms with Gasteiger partial charge in [0.25, 0.3) is 0 Å². The maximum absolute atomic E-state index is 5.61. The quantitative estimate of drug-likeness (QED) is 0.806. The minimum absolute atomic E-state index is 0.523. The van der Waals surface area contributed by atoms with Crippen LogP contribution in [0.3, 0.4) is 0 Å². The molecule has 3 heteroatoms. The predicted molar refractivity (Wildman–Crippen MR) is 61.3 cm³/mol. The largest absolute Gasteiger partial charge is 0.325 e. The van der Waals surface area contributed by atoms with Crippen LogP contribution >= 0.6 is 0 Å². The Morgan fingerprint density at radius 1 is 1.33 bits per heavy atom. The van der Waals surface area contributed by atoms with Gasteiger partial charge in [0.2, 0.25) is 0 Å². The van der Waals surface area contributed by atoms with Crippen molar-refractivity contribution >= 4 is 0 Å². The van der Waals surface area contributed by atoms with Gasteiger partial charge in [0, 0.05) is 19.2 Å². The van der Waals surface area contributed by atoms with Crippen molar-refractivity contribution in [2.45, 2.75) is 13.5 Å². The fourth-order valence-corrected chi connectivity index (χ4v) is 1.64. The van der Waals surface area contributed by atoms with Crippen molar-refractivity contribution in [2.24, 2.45) is 12.8 Å². The van der Waals surface area contributed by atoms with Crippen molar-refractivity contribution in [2.75, 3.05) is 0 Å². The van der Waals surface area contributed by atoms with E-state index >= 15 is 0 Å². The van der Waals surface area contributed by atoms with Crippen LogP contribution in [0.25, 0.3) is 11.3 Å². The Morgan fingerprint density at radius 3 is 2.73 bits per heavy atom. The van der Waals surface area contributed by atoms with Crippen LogP contribution in [-0.2, 0) is 13.6 Å². The Balaban J connectivity index is 2.45. The van der Waals surface area contributed by atoms with Crippen LogP contribution in [0.4, 0.5) is 0 Å². The lowest BCUT2D eigenvalue weighted by Crippen LogP contribution is -2.03. The summed E-state index contributed by atoms with van der Waals surface area (Å²) < 4.78 is 1.83. The molecule has 1 heterocycles.